The number of nitrogens with one attached hydrogen (secondary N) is 1. The van der Waals surface area contributed by atoms with Gasteiger partial charge >= 0.3 is 0 Å². The van der Waals surface area contributed by atoms with Crippen molar-refractivity contribution in [3.05, 3.63) is 0 Å². The van der Waals surface area contributed by atoms with Crippen molar-refractivity contribution in [3.63, 3.8) is 0 Å². The molecule has 0 aromatic rings. The zero-order chi connectivity index (χ0) is 11.4. The van der Waals surface area contributed by atoms with Gasteiger partial charge in [-0.3, -0.25) is 0 Å². The van der Waals surface area contributed by atoms with E-state index in [1.165, 1.54) is 12.8 Å². The summed E-state index contributed by atoms with van der Waals surface area (Å²) < 4.78 is 6.05. The van der Waals surface area contributed by atoms with Crippen molar-refractivity contribution < 1.29 is 4.74 Å². The molecular formula is C13H27NO. The summed E-state index contributed by atoms with van der Waals surface area (Å²) in [5, 5.41) is 3.41. The second kappa shape index (κ2) is 5.86. The van der Waals surface area contributed by atoms with Gasteiger partial charge in [0.1, 0.15) is 0 Å². The number of rotatable bonds is 4. The summed E-state index contributed by atoms with van der Waals surface area (Å²) in [5.41, 5.74) is 0. The fourth-order valence-corrected chi connectivity index (χ4v) is 2.70. The van der Waals surface area contributed by atoms with E-state index in [1.807, 2.05) is 0 Å². The highest BCUT2D eigenvalue weighted by Crippen LogP contribution is 2.31. The molecule has 0 spiro atoms. The number of hydrogen-bond donors (Lipinski definition) is 1. The van der Waals surface area contributed by atoms with Crippen LogP contribution >= 0.6 is 0 Å². The predicted molar refractivity (Wildman–Crippen MR) is 65.0 cm³/mol. The van der Waals surface area contributed by atoms with Crippen LogP contribution in [0.25, 0.3) is 0 Å². The molecule has 1 aliphatic rings. The molecule has 0 aliphatic heterocycles. The van der Waals surface area contributed by atoms with E-state index >= 15 is 0 Å². The van der Waals surface area contributed by atoms with E-state index in [0.29, 0.717) is 24.0 Å². The van der Waals surface area contributed by atoms with Gasteiger partial charge in [-0.05, 0) is 37.6 Å². The quantitative estimate of drug-likeness (QED) is 0.775. The van der Waals surface area contributed by atoms with E-state index in [9.17, 15) is 0 Å². The number of likely N-dealkylation sites (N-methyl/N-ethyl adjacent to an activating group) is 1. The number of ether oxygens (including phenoxy) is 1. The molecule has 1 fully saturated rings. The molecular weight excluding hydrogens is 186 g/mol. The van der Waals surface area contributed by atoms with Crippen molar-refractivity contribution in [3.8, 4) is 0 Å². The molecule has 1 aliphatic carbocycles. The third kappa shape index (κ3) is 3.76. The fraction of sp³-hybridized carbons (Fsp3) is 1.00. The first-order valence-corrected chi connectivity index (χ1v) is 6.33. The second-order valence-electron chi connectivity index (χ2n) is 5.64. The number of hydrogen-bond acceptors (Lipinski definition) is 2. The topological polar surface area (TPSA) is 21.3 Å². The maximum Gasteiger partial charge on any atom is 0.0753 e. The van der Waals surface area contributed by atoms with Gasteiger partial charge in [0, 0.05) is 12.6 Å². The maximum atomic E-state index is 6.05. The summed E-state index contributed by atoms with van der Waals surface area (Å²) in [6.45, 7) is 9.99. The van der Waals surface area contributed by atoms with Crippen LogP contribution in [-0.2, 0) is 4.74 Å². The lowest BCUT2D eigenvalue weighted by Crippen LogP contribution is -2.48. The average molecular weight is 213 g/mol. The normalized spacial score (nSPS) is 37.2. The van der Waals surface area contributed by atoms with E-state index < -0.39 is 0 Å². The summed E-state index contributed by atoms with van der Waals surface area (Å²) in [7, 11) is 2.06. The van der Waals surface area contributed by atoms with Crippen LogP contribution in [0.1, 0.15) is 40.5 Å². The van der Waals surface area contributed by atoms with Crippen LogP contribution in [-0.4, -0.2) is 25.8 Å². The highest BCUT2D eigenvalue weighted by atomic mass is 16.5. The lowest BCUT2D eigenvalue weighted by molar-refractivity contribution is -0.0456. The zero-order valence-electron chi connectivity index (χ0n) is 10.9. The predicted octanol–water partition coefficient (Wildman–Crippen LogP) is 2.68. The Morgan fingerprint density at radius 1 is 1.27 bits per heavy atom. The van der Waals surface area contributed by atoms with Crippen LogP contribution in [0.15, 0.2) is 0 Å². The Hall–Kier alpha value is -0.0800. The van der Waals surface area contributed by atoms with Crippen molar-refractivity contribution in [2.24, 2.45) is 17.8 Å². The zero-order valence-corrected chi connectivity index (χ0v) is 10.9. The standard InChI is InChI=1S/C13H27NO/c1-9(2)8-15-13-11(4)6-10(3)7-12(13)14-5/h9-14H,6-8H2,1-5H3. The van der Waals surface area contributed by atoms with E-state index in [4.69, 9.17) is 4.74 Å². The van der Waals surface area contributed by atoms with Crippen LogP contribution in [0, 0.1) is 17.8 Å². The molecule has 0 saturated heterocycles. The summed E-state index contributed by atoms with van der Waals surface area (Å²) in [6, 6.07) is 0.544. The van der Waals surface area contributed by atoms with E-state index in [0.717, 1.165) is 12.5 Å². The van der Waals surface area contributed by atoms with Gasteiger partial charge in [-0.1, -0.05) is 27.7 Å². The molecule has 0 aromatic heterocycles. The second-order valence-corrected chi connectivity index (χ2v) is 5.64. The van der Waals surface area contributed by atoms with Gasteiger partial charge in [0.25, 0.3) is 0 Å². The molecule has 1 N–H and O–H groups in total. The van der Waals surface area contributed by atoms with Gasteiger partial charge in [-0.2, -0.15) is 0 Å². The molecule has 0 radical (unpaired) electrons. The molecule has 0 heterocycles. The van der Waals surface area contributed by atoms with Crippen molar-refractivity contribution in [2.75, 3.05) is 13.7 Å². The van der Waals surface area contributed by atoms with Crippen LogP contribution < -0.4 is 5.32 Å². The van der Waals surface area contributed by atoms with Gasteiger partial charge in [-0.25, -0.2) is 0 Å². The summed E-state index contributed by atoms with van der Waals surface area (Å²) in [5.74, 6) is 2.15. The van der Waals surface area contributed by atoms with Gasteiger partial charge < -0.3 is 10.1 Å². The van der Waals surface area contributed by atoms with Gasteiger partial charge in [-0.15, -0.1) is 0 Å². The van der Waals surface area contributed by atoms with E-state index in [2.05, 4.69) is 40.1 Å². The SMILES string of the molecule is CNC1CC(C)CC(C)C1OCC(C)C. The van der Waals surface area contributed by atoms with Crippen molar-refractivity contribution in [1.82, 2.24) is 5.32 Å². The molecule has 4 atom stereocenters. The molecule has 1 saturated carbocycles. The van der Waals surface area contributed by atoms with Crippen molar-refractivity contribution in [2.45, 2.75) is 52.7 Å². The highest BCUT2D eigenvalue weighted by Gasteiger charge is 2.33. The third-order valence-corrected chi connectivity index (χ3v) is 3.38. The summed E-state index contributed by atoms with van der Waals surface area (Å²) in [6.07, 6.45) is 2.97. The molecule has 2 heteroatoms. The van der Waals surface area contributed by atoms with Gasteiger partial charge in [0.2, 0.25) is 0 Å². The Morgan fingerprint density at radius 3 is 2.47 bits per heavy atom. The summed E-state index contributed by atoms with van der Waals surface area (Å²) in [4.78, 5) is 0. The monoisotopic (exact) mass is 213 g/mol. The van der Waals surface area contributed by atoms with E-state index in [1.54, 1.807) is 0 Å². The van der Waals surface area contributed by atoms with Crippen LogP contribution in [0.3, 0.4) is 0 Å². The first-order chi connectivity index (χ1) is 7.04. The fourth-order valence-electron chi connectivity index (χ4n) is 2.70. The lowest BCUT2D eigenvalue weighted by Gasteiger charge is -2.39. The minimum atomic E-state index is 0.411. The van der Waals surface area contributed by atoms with Crippen molar-refractivity contribution in [1.29, 1.82) is 0 Å². The Morgan fingerprint density at radius 2 is 1.93 bits per heavy atom. The smallest absolute Gasteiger partial charge is 0.0753 e. The van der Waals surface area contributed by atoms with Crippen LogP contribution in [0.2, 0.25) is 0 Å². The third-order valence-electron chi connectivity index (χ3n) is 3.38. The van der Waals surface area contributed by atoms with E-state index in [-0.39, 0.29) is 0 Å². The molecule has 1 rings (SSSR count). The summed E-state index contributed by atoms with van der Waals surface area (Å²) >= 11 is 0. The maximum absolute atomic E-state index is 6.05. The molecule has 0 amide bonds. The van der Waals surface area contributed by atoms with Gasteiger partial charge in [0.15, 0.2) is 0 Å². The Bertz CT molecular complexity index is 181. The minimum absolute atomic E-state index is 0.411. The molecule has 2 nitrogen and oxygen atoms in total. The molecule has 15 heavy (non-hydrogen) atoms. The molecule has 0 aromatic carbocycles. The molecule has 4 unspecified atom stereocenters. The van der Waals surface area contributed by atoms with Crippen LogP contribution in [0.5, 0.6) is 0 Å². The molecule has 90 valence electrons. The first-order valence-electron chi connectivity index (χ1n) is 6.33. The Kier molecular flexibility index (Phi) is 5.07. The Labute approximate surface area is 94.8 Å². The van der Waals surface area contributed by atoms with Crippen molar-refractivity contribution >= 4 is 0 Å². The minimum Gasteiger partial charge on any atom is -0.376 e. The van der Waals surface area contributed by atoms with Crippen LogP contribution in [0.4, 0.5) is 0 Å². The van der Waals surface area contributed by atoms with Gasteiger partial charge in [0.05, 0.1) is 6.10 Å². The Balaban J connectivity index is 2.50. The average Bonchev–Trinajstić information content (AvgIpc) is 2.14. The molecule has 0 bridgehead atoms. The highest BCUT2D eigenvalue weighted by molar-refractivity contribution is 4.87. The first kappa shape index (κ1) is 13.0. The lowest BCUT2D eigenvalue weighted by atomic mass is 9.78. The largest absolute Gasteiger partial charge is 0.376 e.